The minimum Gasteiger partial charge on any atom is -0.506 e. The lowest BCUT2D eigenvalue weighted by atomic mass is 10.0. The van der Waals surface area contributed by atoms with Gasteiger partial charge in [-0.2, -0.15) is 0 Å². The van der Waals surface area contributed by atoms with Crippen molar-refractivity contribution in [2.75, 3.05) is 0 Å². The quantitative estimate of drug-likeness (QED) is 0.496. The van der Waals surface area contributed by atoms with Crippen LogP contribution in [-0.2, 0) is 0 Å². The Hall–Kier alpha value is -3.19. The van der Waals surface area contributed by atoms with Crippen LogP contribution in [0.1, 0.15) is 5.56 Å². The molecular weight excluding hydrogens is 429 g/mol. The highest BCUT2D eigenvalue weighted by Gasteiger charge is 2.23. The highest BCUT2D eigenvalue weighted by molar-refractivity contribution is 9.10. The molecule has 0 aliphatic carbocycles. The molecule has 0 unspecified atom stereocenters. The summed E-state index contributed by atoms with van der Waals surface area (Å²) in [6.07, 6.45) is 0. The summed E-state index contributed by atoms with van der Waals surface area (Å²) in [6, 6.07) is 14.6. The molecule has 28 heavy (non-hydrogen) atoms. The van der Waals surface area contributed by atoms with Crippen LogP contribution in [0.3, 0.4) is 0 Å². The Bertz CT molecular complexity index is 1340. The summed E-state index contributed by atoms with van der Waals surface area (Å²) in [7, 11) is 0. The van der Waals surface area contributed by atoms with Crippen molar-refractivity contribution in [1.82, 2.24) is 4.57 Å². The smallest absolute Gasteiger partial charge is 0.354 e. The van der Waals surface area contributed by atoms with Gasteiger partial charge in [0.25, 0.3) is 5.56 Å². The van der Waals surface area contributed by atoms with E-state index >= 15 is 0 Å². The van der Waals surface area contributed by atoms with Crippen molar-refractivity contribution in [3.63, 3.8) is 0 Å². The lowest BCUT2D eigenvalue weighted by Crippen LogP contribution is -2.23. The lowest BCUT2D eigenvalue weighted by molar-refractivity contribution is 0.461. The van der Waals surface area contributed by atoms with Crippen LogP contribution >= 0.6 is 15.9 Å². The zero-order chi connectivity index (χ0) is 20.0. The molecule has 0 bridgehead atoms. The van der Waals surface area contributed by atoms with Crippen LogP contribution in [0.4, 0.5) is 4.39 Å². The van der Waals surface area contributed by atoms with Crippen molar-refractivity contribution >= 4 is 26.9 Å². The largest absolute Gasteiger partial charge is 0.506 e. The molecule has 4 rings (SSSR count). The van der Waals surface area contributed by atoms with Gasteiger partial charge in [0.15, 0.2) is 11.3 Å². The number of hydrogen-bond acceptors (Lipinski definition) is 4. The molecule has 0 spiro atoms. The molecule has 0 saturated heterocycles. The molecule has 2 heterocycles. The third-order valence-corrected chi connectivity index (χ3v) is 5.20. The number of fused-ring (bicyclic) bond motifs is 1. The van der Waals surface area contributed by atoms with Crippen molar-refractivity contribution in [2.24, 2.45) is 0 Å². The van der Waals surface area contributed by atoms with E-state index < -0.39 is 22.8 Å². The van der Waals surface area contributed by atoms with Crippen LogP contribution in [0.15, 0.2) is 73.1 Å². The summed E-state index contributed by atoms with van der Waals surface area (Å²) in [5, 5.41) is 10.3. The number of aryl methyl sites for hydroxylation is 1. The Morgan fingerprint density at radius 1 is 1.07 bits per heavy atom. The van der Waals surface area contributed by atoms with E-state index in [0.29, 0.717) is 16.8 Å². The topological polar surface area (TPSA) is 72.4 Å². The van der Waals surface area contributed by atoms with E-state index in [-0.39, 0.29) is 21.1 Å². The highest BCUT2D eigenvalue weighted by Crippen LogP contribution is 2.34. The van der Waals surface area contributed by atoms with Gasteiger partial charge >= 0.3 is 5.63 Å². The van der Waals surface area contributed by atoms with E-state index in [1.165, 1.54) is 22.8 Å². The molecule has 0 saturated carbocycles. The van der Waals surface area contributed by atoms with E-state index in [4.69, 9.17) is 4.42 Å². The fourth-order valence-corrected chi connectivity index (χ4v) is 3.54. The average Bonchev–Trinajstić information content (AvgIpc) is 2.69. The summed E-state index contributed by atoms with van der Waals surface area (Å²) >= 11 is 2.95. The van der Waals surface area contributed by atoms with Crippen molar-refractivity contribution in [1.29, 1.82) is 0 Å². The van der Waals surface area contributed by atoms with Gasteiger partial charge in [-0.3, -0.25) is 9.36 Å². The fraction of sp³-hybridized carbons (Fsp3) is 0.0476. The molecular formula is C21H13BrFNO4. The van der Waals surface area contributed by atoms with Crippen LogP contribution in [0, 0.1) is 12.7 Å². The van der Waals surface area contributed by atoms with Crippen LogP contribution in [0.25, 0.3) is 27.9 Å². The fourth-order valence-electron chi connectivity index (χ4n) is 3.26. The molecule has 0 amide bonds. The predicted octanol–water partition coefficient (Wildman–Crippen LogP) is 4.53. The molecule has 140 valence electrons. The first kappa shape index (κ1) is 18.2. The first-order chi connectivity index (χ1) is 13.4. The standard InChI is InChI=1S/C21H13BrFNO4/c1-11-17(12-6-3-2-4-7-12)24(14-9-5-8-13(23)10-14)20(26)15-18(25)16(22)21(27)28-19(11)15/h2-10,25H,1H3. The Morgan fingerprint density at radius 2 is 1.79 bits per heavy atom. The Balaban J connectivity index is 2.28. The number of rotatable bonds is 2. The average molecular weight is 442 g/mol. The number of halogens is 2. The van der Waals surface area contributed by atoms with Crippen LogP contribution in [0.5, 0.6) is 5.75 Å². The van der Waals surface area contributed by atoms with E-state index in [2.05, 4.69) is 15.9 Å². The molecule has 0 radical (unpaired) electrons. The van der Waals surface area contributed by atoms with Crippen molar-refractivity contribution in [2.45, 2.75) is 6.92 Å². The lowest BCUT2D eigenvalue weighted by Gasteiger charge is -2.18. The van der Waals surface area contributed by atoms with E-state index in [9.17, 15) is 19.1 Å². The van der Waals surface area contributed by atoms with Gasteiger partial charge in [-0.25, -0.2) is 9.18 Å². The third-order valence-electron chi connectivity index (χ3n) is 4.50. The highest BCUT2D eigenvalue weighted by atomic mass is 79.9. The van der Waals surface area contributed by atoms with Crippen LogP contribution in [0.2, 0.25) is 0 Å². The molecule has 2 aromatic heterocycles. The Kier molecular flexibility index (Phi) is 4.39. The van der Waals surface area contributed by atoms with Gasteiger partial charge < -0.3 is 9.52 Å². The maximum absolute atomic E-state index is 13.9. The zero-order valence-corrected chi connectivity index (χ0v) is 16.2. The first-order valence-electron chi connectivity index (χ1n) is 8.32. The third kappa shape index (κ3) is 2.75. The Labute approximate surface area is 166 Å². The minimum absolute atomic E-state index is 0.0118. The summed E-state index contributed by atoms with van der Waals surface area (Å²) in [6.45, 7) is 1.68. The molecule has 5 nitrogen and oxygen atoms in total. The maximum atomic E-state index is 13.9. The number of pyridine rings is 1. The second kappa shape index (κ2) is 6.76. The number of nitrogens with zero attached hydrogens (tertiary/aromatic N) is 1. The second-order valence-electron chi connectivity index (χ2n) is 6.22. The molecule has 0 aliphatic rings. The van der Waals surface area contributed by atoms with Crippen molar-refractivity contribution < 1.29 is 13.9 Å². The molecule has 4 aromatic rings. The molecule has 0 fully saturated rings. The normalized spacial score (nSPS) is 11.1. The maximum Gasteiger partial charge on any atom is 0.354 e. The number of aromatic nitrogens is 1. The summed E-state index contributed by atoms with van der Waals surface area (Å²) in [5.74, 6) is -1.02. The van der Waals surface area contributed by atoms with Gasteiger partial charge in [0.05, 0.1) is 11.4 Å². The van der Waals surface area contributed by atoms with Crippen molar-refractivity contribution in [3.8, 4) is 22.7 Å². The van der Waals surface area contributed by atoms with Gasteiger partial charge in [-0.15, -0.1) is 0 Å². The van der Waals surface area contributed by atoms with Crippen LogP contribution < -0.4 is 11.2 Å². The first-order valence-corrected chi connectivity index (χ1v) is 9.11. The second-order valence-corrected chi connectivity index (χ2v) is 7.01. The molecule has 1 N–H and O–H groups in total. The number of hydrogen-bond donors (Lipinski definition) is 1. The summed E-state index contributed by atoms with van der Waals surface area (Å²) in [5.41, 5.74) is 0.423. The van der Waals surface area contributed by atoms with Gasteiger partial charge in [-0.05, 0) is 46.6 Å². The van der Waals surface area contributed by atoms with E-state index in [1.54, 1.807) is 37.3 Å². The van der Waals surface area contributed by atoms with Crippen LogP contribution in [-0.4, -0.2) is 9.67 Å². The van der Waals surface area contributed by atoms with E-state index in [1.807, 2.05) is 6.07 Å². The number of aromatic hydroxyl groups is 1. The number of benzene rings is 2. The molecule has 0 atom stereocenters. The zero-order valence-electron chi connectivity index (χ0n) is 14.6. The van der Waals surface area contributed by atoms with Gasteiger partial charge in [0, 0.05) is 5.56 Å². The van der Waals surface area contributed by atoms with Gasteiger partial charge in [0.2, 0.25) is 0 Å². The monoisotopic (exact) mass is 441 g/mol. The molecule has 7 heteroatoms. The van der Waals surface area contributed by atoms with E-state index in [0.717, 1.165) is 0 Å². The minimum atomic E-state index is -0.796. The van der Waals surface area contributed by atoms with Gasteiger partial charge in [0.1, 0.15) is 15.7 Å². The Morgan fingerprint density at radius 3 is 2.46 bits per heavy atom. The van der Waals surface area contributed by atoms with Gasteiger partial charge in [-0.1, -0.05) is 36.4 Å². The SMILES string of the molecule is Cc1c(-c2ccccc2)n(-c2cccc(F)c2)c(=O)c2c(O)c(Br)c(=O)oc12. The molecule has 2 aromatic carbocycles. The summed E-state index contributed by atoms with van der Waals surface area (Å²) < 4.78 is 20.3. The van der Waals surface area contributed by atoms with Crippen molar-refractivity contribution in [3.05, 3.63) is 91.2 Å². The predicted molar refractivity (Wildman–Crippen MR) is 108 cm³/mol. The summed E-state index contributed by atoms with van der Waals surface area (Å²) in [4.78, 5) is 25.4. The molecule has 0 aliphatic heterocycles.